The fraction of sp³-hybridized carbons (Fsp3) is 0.500. The molecule has 1 aromatic carbocycles. The Kier molecular flexibility index (Phi) is 3.46. The third-order valence-corrected chi connectivity index (χ3v) is 4.91. The number of carbonyl (C=O) groups is 1. The van der Waals surface area contributed by atoms with Crippen LogP contribution in [0, 0.1) is 5.92 Å². The van der Waals surface area contributed by atoms with Crippen LogP contribution in [0.1, 0.15) is 12.0 Å². The summed E-state index contributed by atoms with van der Waals surface area (Å²) in [4.78, 5) is 12.1. The Morgan fingerprint density at radius 1 is 1.44 bits per heavy atom. The van der Waals surface area contributed by atoms with Gasteiger partial charge in [0.05, 0.1) is 0 Å². The van der Waals surface area contributed by atoms with Crippen molar-refractivity contribution in [3.8, 4) is 0 Å². The molecule has 0 spiro atoms. The number of anilines is 1. The first-order valence-electron chi connectivity index (χ1n) is 6.53. The number of carbonyl (C=O) groups excluding carboxylic acids is 1. The standard InChI is InChI=1S/C14H18N2OS/c17-14(15-8-10-5-6-18-9-10)13-7-11-3-1-2-4-12(11)16-13/h1-4,10,13,16H,5-9H2,(H,15,17). The van der Waals surface area contributed by atoms with Crippen LogP contribution in [0.15, 0.2) is 24.3 Å². The molecule has 1 amide bonds. The zero-order valence-corrected chi connectivity index (χ0v) is 11.1. The van der Waals surface area contributed by atoms with E-state index in [1.54, 1.807) is 0 Å². The van der Waals surface area contributed by atoms with Crippen molar-refractivity contribution in [2.75, 3.05) is 23.4 Å². The van der Waals surface area contributed by atoms with E-state index in [1.807, 2.05) is 30.0 Å². The molecule has 4 heteroatoms. The molecular weight excluding hydrogens is 244 g/mol. The van der Waals surface area contributed by atoms with Gasteiger partial charge in [0.15, 0.2) is 0 Å². The van der Waals surface area contributed by atoms with Crippen LogP contribution in [-0.2, 0) is 11.2 Å². The molecule has 96 valence electrons. The monoisotopic (exact) mass is 262 g/mol. The normalized spacial score (nSPS) is 25.6. The first kappa shape index (κ1) is 11.9. The molecule has 2 aliphatic rings. The zero-order valence-electron chi connectivity index (χ0n) is 10.3. The van der Waals surface area contributed by atoms with E-state index in [0.29, 0.717) is 5.92 Å². The average molecular weight is 262 g/mol. The molecule has 2 atom stereocenters. The molecule has 2 N–H and O–H groups in total. The number of nitrogens with one attached hydrogen (secondary N) is 2. The van der Waals surface area contributed by atoms with Crippen LogP contribution in [0.4, 0.5) is 5.69 Å². The van der Waals surface area contributed by atoms with Gasteiger partial charge in [0.2, 0.25) is 5.91 Å². The Bertz CT molecular complexity index is 418. The van der Waals surface area contributed by atoms with Gasteiger partial charge < -0.3 is 10.6 Å². The van der Waals surface area contributed by atoms with Crippen LogP contribution in [0.2, 0.25) is 0 Å². The van der Waals surface area contributed by atoms with Gasteiger partial charge in [0.1, 0.15) is 6.04 Å². The molecule has 0 radical (unpaired) electrons. The summed E-state index contributed by atoms with van der Waals surface area (Å²) in [5, 5.41) is 6.38. The molecule has 3 nitrogen and oxygen atoms in total. The van der Waals surface area contributed by atoms with Gasteiger partial charge >= 0.3 is 0 Å². The van der Waals surface area contributed by atoms with Crippen LogP contribution in [-0.4, -0.2) is 30.0 Å². The Morgan fingerprint density at radius 3 is 3.11 bits per heavy atom. The lowest BCUT2D eigenvalue weighted by Gasteiger charge is -2.14. The summed E-state index contributed by atoms with van der Waals surface area (Å²) >= 11 is 1.99. The van der Waals surface area contributed by atoms with E-state index in [2.05, 4.69) is 16.7 Å². The highest BCUT2D eigenvalue weighted by Crippen LogP contribution is 2.25. The van der Waals surface area contributed by atoms with E-state index in [-0.39, 0.29) is 11.9 Å². The first-order chi connectivity index (χ1) is 8.83. The predicted molar refractivity (Wildman–Crippen MR) is 76.0 cm³/mol. The molecule has 1 fully saturated rings. The van der Waals surface area contributed by atoms with Gasteiger partial charge in [-0.3, -0.25) is 4.79 Å². The van der Waals surface area contributed by atoms with Crippen LogP contribution in [0.3, 0.4) is 0 Å². The lowest BCUT2D eigenvalue weighted by molar-refractivity contribution is -0.121. The number of amides is 1. The largest absolute Gasteiger partial charge is 0.373 e. The number of hydrogen-bond acceptors (Lipinski definition) is 3. The molecule has 2 heterocycles. The van der Waals surface area contributed by atoms with Crippen LogP contribution >= 0.6 is 11.8 Å². The van der Waals surface area contributed by atoms with E-state index >= 15 is 0 Å². The number of thioether (sulfide) groups is 1. The third-order valence-electron chi connectivity index (χ3n) is 3.68. The minimum Gasteiger partial charge on any atom is -0.373 e. The Balaban J connectivity index is 1.52. The lowest BCUT2D eigenvalue weighted by atomic mass is 10.1. The van der Waals surface area contributed by atoms with Crippen molar-refractivity contribution in [1.29, 1.82) is 0 Å². The molecule has 2 unspecified atom stereocenters. The van der Waals surface area contributed by atoms with Crippen LogP contribution in [0.25, 0.3) is 0 Å². The summed E-state index contributed by atoms with van der Waals surface area (Å²) in [5.74, 6) is 3.25. The molecule has 0 bridgehead atoms. The van der Waals surface area contributed by atoms with E-state index in [4.69, 9.17) is 0 Å². The van der Waals surface area contributed by atoms with Crippen molar-refractivity contribution < 1.29 is 4.79 Å². The van der Waals surface area contributed by atoms with Gasteiger partial charge in [0, 0.05) is 18.7 Å². The van der Waals surface area contributed by atoms with Crippen molar-refractivity contribution >= 4 is 23.4 Å². The quantitative estimate of drug-likeness (QED) is 0.874. The summed E-state index contributed by atoms with van der Waals surface area (Å²) in [6.07, 6.45) is 2.05. The fourth-order valence-electron chi connectivity index (χ4n) is 2.57. The van der Waals surface area contributed by atoms with Gasteiger partial charge in [-0.05, 0) is 35.5 Å². The average Bonchev–Trinajstić information content (AvgIpc) is 3.04. The maximum absolute atomic E-state index is 12.1. The zero-order chi connectivity index (χ0) is 12.4. The number of fused-ring (bicyclic) bond motifs is 1. The molecule has 0 aliphatic carbocycles. The van der Waals surface area contributed by atoms with Crippen molar-refractivity contribution in [1.82, 2.24) is 5.32 Å². The Hall–Kier alpha value is -1.16. The molecule has 0 saturated carbocycles. The van der Waals surface area contributed by atoms with E-state index in [9.17, 15) is 4.79 Å². The minimum atomic E-state index is -0.0866. The van der Waals surface area contributed by atoms with Crippen molar-refractivity contribution in [3.05, 3.63) is 29.8 Å². The number of hydrogen-bond donors (Lipinski definition) is 2. The van der Waals surface area contributed by atoms with E-state index in [0.717, 1.165) is 18.7 Å². The summed E-state index contributed by atoms with van der Waals surface area (Å²) in [5.41, 5.74) is 2.35. The summed E-state index contributed by atoms with van der Waals surface area (Å²) in [6, 6.07) is 8.06. The van der Waals surface area contributed by atoms with Crippen LogP contribution in [0.5, 0.6) is 0 Å². The second kappa shape index (κ2) is 5.22. The van der Waals surface area contributed by atoms with Gasteiger partial charge in [-0.25, -0.2) is 0 Å². The van der Waals surface area contributed by atoms with Gasteiger partial charge in [0.25, 0.3) is 0 Å². The number of benzene rings is 1. The van der Waals surface area contributed by atoms with E-state index < -0.39 is 0 Å². The molecule has 0 aromatic heterocycles. The smallest absolute Gasteiger partial charge is 0.242 e. The molecule has 3 rings (SSSR count). The molecule has 2 aliphatic heterocycles. The SMILES string of the molecule is O=C(NCC1CCSC1)C1Cc2ccccc2N1. The summed E-state index contributed by atoms with van der Waals surface area (Å²) in [6.45, 7) is 0.834. The number of para-hydroxylation sites is 1. The molecular formula is C14H18N2OS. The van der Waals surface area contributed by atoms with Gasteiger partial charge in [-0.15, -0.1) is 0 Å². The minimum absolute atomic E-state index is 0.0866. The highest BCUT2D eigenvalue weighted by molar-refractivity contribution is 7.99. The third kappa shape index (κ3) is 2.48. The topological polar surface area (TPSA) is 41.1 Å². The highest BCUT2D eigenvalue weighted by Gasteiger charge is 2.26. The molecule has 1 aromatic rings. The summed E-state index contributed by atoms with van der Waals surface area (Å²) < 4.78 is 0. The van der Waals surface area contributed by atoms with Gasteiger partial charge in [-0.1, -0.05) is 18.2 Å². The second-order valence-corrected chi connectivity index (χ2v) is 6.18. The predicted octanol–water partition coefficient (Wildman–Crippen LogP) is 1.89. The molecule has 18 heavy (non-hydrogen) atoms. The highest BCUT2D eigenvalue weighted by atomic mass is 32.2. The first-order valence-corrected chi connectivity index (χ1v) is 7.68. The molecule has 1 saturated heterocycles. The Morgan fingerprint density at radius 2 is 2.33 bits per heavy atom. The fourth-order valence-corrected chi connectivity index (χ4v) is 3.85. The summed E-state index contributed by atoms with van der Waals surface area (Å²) in [7, 11) is 0. The van der Waals surface area contributed by atoms with Gasteiger partial charge in [-0.2, -0.15) is 11.8 Å². The second-order valence-electron chi connectivity index (χ2n) is 5.03. The Labute approximate surface area is 112 Å². The lowest BCUT2D eigenvalue weighted by Crippen LogP contribution is -2.40. The van der Waals surface area contributed by atoms with Crippen LogP contribution < -0.4 is 10.6 Å². The van der Waals surface area contributed by atoms with E-state index in [1.165, 1.54) is 23.5 Å². The maximum atomic E-state index is 12.1. The maximum Gasteiger partial charge on any atom is 0.242 e. The number of rotatable bonds is 3. The van der Waals surface area contributed by atoms with Crippen molar-refractivity contribution in [2.45, 2.75) is 18.9 Å². The van der Waals surface area contributed by atoms with Crippen molar-refractivity contribution in [2.24, 2.45) is 5.92 Å². The van der Waals surface area contributed by atoms with Crippen molar-refractivity contribution in [3.63, 3.8) is 0 Å².